The van der Waals surface area contributed by atoms with E-state index in [4.69, 9.17) is 9.72 Å². The number of nitrogens with zero attached hydrogens (tertiary/aromatic N) is 1. The van der Waals surface area contributed by atoms with Gasteiger partial charge in [-0.2, -0.15) is 0 Å². The topological polar surface area (TPSA) is 56.3 Å². The van der Waals surface area contributed by atoms with Crippen molar-refractivity contribution in [1.29, 1.82) is 0 Å². The Morgan fingerprint density at radius 2 is 1.76 bits per heavy atom. The van der Waals surface area contributed by atoms with Crippen LogP contribution in [-0.2, 0) is 29.1 Å². The second-order valence-corrected chi connectivity index (χ2v) is 14.0. The molecule has 5 heteroatoms. The van der Waals surface area contributed by atoms with Gasteiger partial charge in [-0.1, -0.05) is 53.5 Å². The predicted octanol–water partition coefficient (Wildman–Crippen LogP) is 7.97. The van der Waals surface area contributed by atoms with Crippen LogP contribution in [0.4, 0.5) is 0 Å². The van der Waals surface area contributed by atoms with E-state index in [0.717, 1.165) is 67.3 Å². The highest BCUT2D eigenvalue weighted by molar-refractivity contribution is 7.91. The van der Waals surface area contributed by atoms with Crippen molar-refractivity contribution in [1.82, 2.24) is 4.98 Å². The quantitative estimate of drug-likeness (QED) is 0.257. The maximum atomic E-state index is 12.2. The van der Waals surface area contributed by atoms with Crippen LogP contribution in [0, 0.1) is 23.7 Å². The lowest BCUT2D eigenvalue weighted by Crippen LogP contribution is -2.14. The normalized spacial score (nSPS) is 24.6. The average Bonchev–Trinajstić information content (AvgIpc) is 3.75. The molecule has 2 aromatic rings. The second-order valence-electron chi connectivity index (χ2n) is 11.7. The van der Waals surface area contributed by atoms with Crippen LogP contribution in [0.2, 0.25) is 0 Å². The first-order valence-corrected chi connectivity index (χ1v) is 16.9. The van der Waals surface area contributed by atoms with Gasteiger partial charge in [0.15, 0.2) is 9.84 Å². The number of rotatable bonds is 12. The van der Waals surface area contributed by atoms with Crippen LogP contribution in [0.15, 0.2) is 35.4 Å². The molecule has 5 unspecified atom stereocenters. The zero-order valence-electron chi connectivity index (χ0n) is 24.3. The van der Waals surface area contributed by atoms with Crippen molar-refractivity contribution < 1.29 is 13.2 Å². The molecule has 2 fully saturated rings. The fraction of sp³-hybridized carbons (Fsp3) is 0.667. The molecule has 0 aliphatic heterocycles. The van der Waals surface area contributed by atoms with Crippen molar-refractivity contribution in [3.8, 4) is 5.75 Å². The van der Waals surface area contributed by atoms with E-state index in [2.05, 4.69) is 40.0 Å². The van der Waals surface area contributed by atoms with Crippen molar-refractivity contribution in [2.75, 3.05) is 12.4 Å². The van der Waals surface area contributed by atoms with E-state index in [0.29, 0.717) is 10.8 Å². The first-order valence-electron chi connectivity index (χ1n) is 15.3. The standard InChI is InChI=1S/C33H49NO3S/c1-6-24-19-26(8-3)33(34-22-24)23(5)27-11-10-12-28(14-13-27)31-21-29(31)17-18-37-32-16-15-30(20-25(32)7-2)38(35,36)9-4/h15-16,19-20,22-23,27-29,31H,6-14,17-18,21H2,1-5H3. The van der Waals surface area contributed by atoms with Crippen molar-refractivity contribution in [3.63, 3.8) is 0 Å². The maximum Gasteiger partial charge on any atom is 0.178 e. The third-order valence-corrected chi connectivity index (χ3v) is 11.3. The van der Waals surface area contributed by atoms with Gasteiger partial charge in [0.2, 0.25) is 0 Å². The lowest BCUT2D eigenvalue weighted by atomic mass is 9.82. The number of pyridine rings is 1. The van der Waals surface area contributed by atoms with Gasteiger partial charge in [0.1, 0.15) is 5.75 Å². The Kier molecular flexibility index (Phi) is 9.95. The first kappa shape index (κ1) is 29.1. The highest BCUT2D eigenvalue weighted by Crippen LogP contribution is 2.52. The second kappa shape index (κ2) is 13.0. The van der Waals surface area contributed by atoms with Crippen LogP contribution in [-0.4, -0.2) is 25.8 Å². The Labute approximate surface area is 231 Å². The van der Waals surface area contributed by atoms with E-state index in [-0.39, 0.29) is 5.75 Å². The molecule has 1 heterocycles. The Balaban J connectivity index is 1.27. The summed E-state index contributed by atoms with van der Waals surface area (Å²) >= 11 is 0. The molecule has 2 saturated carbocycles. The summed E-state index contributed by atoms with van der Waals surface area (Å²) in [6, 6.07) is 7.74. The van der Waals surface area contributed by atoms with E-state index in [9.17, 15) is 8.42 Å². The molecule has 5 atom stereocenters. The first-order chi connectivity index (χ1) is 18.3. The predicted molar refractivity (Wildman–Crippen MR) is 157 cm³/mol. The lowest BCUT2D eigenvalue weighted by molar-refractivity contribution is 0.285. The fourth-order valence-electron chi connectivity index (χ4n) is 6.80. The number of aryl methyl sites for hydroxylation is 3. The van der Waals surface area contributed by atoms with Gasteiger partial charge < -0.3 is 4.74 Å². The van der Waals surface area contributed by atoms with E-state index in [1.165, 1.54) is 55.3 Å². The van der Waals surface area contributed by atoms with Crippen LogP contribution >= 0.6 is 0 Å². The minimum Gasteiger partial charge on any atom is -0.493 e. The van der Waals surface area contributed by atoms with Crippen LogP contribution < -0.4 is 4.74 Å². The Morgan fingerprint density at radius 1 is 0.974 bits per heavy atom. The van der Waals surface area contributed by atoms with E-state index < -0.39 is 9.84 Å². The molecular formula is C33H49NO3S. The van der Waals surface area contributed by atoms with Crippen molar-refractivity contribution in [3.05, 3.63) is 52.8 Å². The number of sulfone groups is 1. The summed E-state index contributed by atoms with van der Waals surface area (Å²) in [6.45, 7) is 11.4. The SMILES string of the molecule is CCc1cnc(C(C)C2CCCC(C3CC3CCOc3ccc(S(=O)(=O)CC)cc3CC)CC2)c(CC)c1. The molecule has 1 aromatic heterocycles. The lowest BCUT2D eigenvalue weighted by Gasteiger charge is -2.24. The number of hydrogen-bond acceptors (Lipinski definition) is 4. The molecule has 4 rings (SSSR count). The third-order valence-electron chi connectivity index (χ3n) is 9.52. The smallest absolute Gasteiger partial charge is 0.178 e. The van der Waals surface area contributed by atoms with Crippen molar-refractivity contribution >= 4 is 9.84 Å². The molecule has 0 spiro atoms. The maximum absolute atomic E-state index is 12.2. The number of benzene rings is 1. The average molecular weight is 540 g/mol. The van der Waals surface area contributed by atoms with Crippen LogP contribution in [0.3, 0.4) is 0 Å². The van der Waals surface area contributed by atoms with E-state index in [1.54, 1.807) is 19.1 Å². The van der Waals surface area contributed by atoms with Gasteiger partial charge >= 0.3 is 0 Å². The molecule has 38 heavy (non-hydrogen) atoms. The largest absolute Gasteiger partial charge is 0.493 e. The van der Waals surface area contributed by atoms with Gasteiger partial charge in [-0.3, -0.25) is 4.98 Å². The van der Waals surface area contributed by atoms with Gasteiger partial charge in [0, 0.05) is 17.8 Å². The summed E-state index contributed by atoms with van der Waals surface area (Å²) in [6.07, 6.45) is 14.2. The Hall–Kier alpha value is -1.88. The summed E-state index contributed by atoms with van der Waals surface area (Å²) in [5.41, 5.74) is 5.14. The van der Waals surface area contributed by atoms with Crippen LogP contribution in [0.25, 0.3) is 0 Å². The molecule has 4 nitrogen and oxygen atoms in total. The summed E-state index contributed by atoms with van der Waals surface area (Å²) in [4.78, 5) is 5.36. The number of aromatic nitrogens is 1. The minimum absolute atomic E-state index is 0.128. The molecule has 210 valence electrons. The Morgan fingerprint density at radius 3 is 2.47 bits per heavy atom. The molecule has 0 radical (unpaired) electrons. The zero-order chi connectivity index (χ0) is 27.3. The molecule has 0 N–H and O–H groups in total. The van der Waals surface area contributed by atoms with Crippen LogP contribution in [0.5, 0.6) is 5.75 Å². The highest BCUT2D eigenvalue weighted by atomic mass is 32.2. The molecule has 2 aliphatic carbocycles. The van der Waals surface area contributed by atoms with Gasteiger partial charge in [0.25, 0.3) is 0 Å². The molecule has 0 amide bonds. The van der Waals surface area contributed by atoms with E-state index >= 15 is 0 Å². The Bertz CT molecular complexity index is 1170. The zero-order valence-corrected chi connectivity index (χ0v) is 25.2. The van der Waals surface area contributed by atoms with Gasteiger partial charge in [-0.05, 0) is 110 Å². The monoisotopic (exact) mass is 539 g/mol. The summed E-state index contributed by atoms with van der Waals surface area (Å²) in [5.74, 6) is 4.78. The van der Waals surface area contributed by atoms with Gasteiger partial charge in [0.05, 0.1) is 17.3 Å². The molecular weight excluding hydrogens is 490 g/mol. The third kappa shape index (κ3) is 6.81. The molecule has 0 bridgehead atoms. The molecule has 0 saturated heterocycles. The fourth-order valence-corrected chi connectivity index (χ4v) is 7.73. The van der Waals surface area contributed by atoms with Gasteiger partial charge in [-0.15, -0.1) is 0 Å². The number of ether oxygens (including phenoxy) is 1. The van der Waals surface area contributed by atoms with E-state index in [1.807, 2.05) is 6.07 Å². The number of hydrogen-bond donors (Lipinski definition) is 0. The highest BCUT2D eigenvalue weighted by Gasteiger charge is 2.43. The molecule has 2 aliphatic rings. The molecule has 1 aromatic carbocycles. The summed E-state index contributed by atoms with van der Waals surface area (Å²) in [7, 11) is -3.19. The summed E-state index contributed by atoms with van der Waals surface area (Å²) < 4.78 is 30.7. The van der Waals surface area contributed by atoms with Gasteiger partial charge in [-0.25, -0.2) is 8.42 Å². The van der Waals surface area contributed by atoms with Crippen molar-refractivity contribution in [2.24, 2.45) is 23.7 Å². The van der Waals surface area contributed by atoms with Crippen molar-refractivity contribution in [2.45, 2.75) is 110 Å². The van der Waals surface area contributed by atoms with Crippen LogP contribution in [0.1, 0.15) is 108 Å². The summed E-state index contributed by atoms with van der Waals surface area (Å²) in [5, 5.41) is 0. The minimum atomic E-state index is -3.19.